The van der Waals surface area contributed by atoms with E-state index in [2.05, 4.69) is 10.3 Å². The molecule has 31 heavy (non-hydrogen) atoms. The van der Waals surface area contributed by atoms with E-state index in [9.17, 15) is 23.3 Å². The molecule has 1 amide bonds. The van der Waals surface area contributed by atoms with Crippen LogP contribution in [0.1, 0.15) is 12.8 Å². The van der Waals surface area contributed by atoms with Gasteiger partial charge in [0.2, 0.25) is 5.91 Å². The summed E-state index contributed by atoms with van der Waals surface area (Å²) < 4.78 is 33.1. The first-order valence-corrected chi connectivity index (χ1v) is 12.4. The number of carbonyl (C=O) groups is 1. The fraction of sp³-hybridized carbons (Fsp3) is 0.294. The largest absolute Gasteiger partial charge is 0.494 e. The molecule has 10 nitrogen and oxygen atoms in total. The molecule has 1 aliphatic heterocycles. The molecule has 1 aliphatic rings. The fourth-order valence-corrected chi connectivity index (χ4v) is 7.52. The normalized spacial score (nSPS) is 17.2. The molecule has 14 heteroatoms. The molecular weight excluding hydrogens is 488 g/mol. The first kappa shape index (κ1) is 21.9. The number of rotatable bonds is 6. The first-order valence-electron chi connectivity index (χ1n) is 8.91. The minimum absolute atomic E-state index is 0.0780. The predicted octanol–water partition coefficient (Wildman–Crippen LogP) is 3.72. The van der Waals surface area contributed by atoms with Gasteiger partial charge < -0.3 is 10.1 Å². The number of amides is 1. The lowest BCUT2D eigenvalue weighted by Crippen LogP contribution is -2.42. The van der Waals surface area contributed by atoms with Crippen LogP contribution >= 0.6 is 34.3 Å². The van der Waals surface area contributed by atoms with Gasteiger partial charge >= 0.3 is 0 Å². The topological polar surface area (TPSA) is 132 Å². The lowest BCUT2D eigenvalue weighted by molar-refractivity contribution is -0.384. The maximum atomic E-state index is 12.9. The van der Waals surface area contributed by atoms with Crippen LogP contribution in [0.2, 0.25) is 4.34 Å². The van der Waals surface area contributed by atoms with Crippen molar-refractivity contribution in [1.82, 2.24) is 9.29 Å². The van der Waals surface area contributed by atoms with Crippen molar-refractivity contribution in [3.8, 4) is 5.75 Å². The van der Waals surface area contributed by atoms with Crippen molar-refractivity contribution >= 4 is 71.2 Å². The number of hydrogen-bond donors (Lipinski definition) is 1. The zero-order chi connectivity index (χ0) is 22.3. The highest BCUT2D eigenvalue weighted by molar-refractivity contribution is 7.91. The molecule has 1 fully saturated rings. The van der Waals surface area contributed by atoms with Crippen molar-refractivity contribution in [2.24, 2.45) is 0 Å². The van der Waals surface area contributed by atoms with Crippen molar-refractivity contribution < 1.29 is 22.9 Å². The monoisotopic (exact) mass is 502 g/mol. The number of nitro groups is 1. The van der Waals surface area contributed by atoms with Crippen LogP contribution in [0.15, 0.2) is 28.5 Å². The van der Waals surface area contributed by atoms with E-state index in [1.165, 1.54) is 35.7 Å². The number of anilines is 1. The van der Waals surface area contributed by atoms with Gasteiger partial charge in [-0.05, 0) is 25.0 Å². The van der Waals surface area contributed by atoms with E-state index in [0.717, 1.165) is 22.7 Å². The SMILES string of the molecule is COc1cc([N+](=O)[O-])cc2sc(NC(=O)C3CCCN3S(=O)(=O)c3ccc(Cl)s3)nc12. The van der Waals surface area contributed by atoms with Crippen LogP contribution < -0.4 is 10.1 Å². The number of sulfonamides is 1. The second kappa shape index (κ2) is 8.31. The van der Waals surface area contributed by atoms with Crippen molar-refractivity contribution in [2.45, 2.75) is 23.1 Å². The number of non-ortho nitro benzene ring substituents is 1. The molecule has 0 saturated carbocycles. The second-order valence-corrected chi connectivity index (χ2v) is 11.5. The zero-order valence-electron chi connectivity index (χ0n) is 15.9. The number of methoxy groups -OCH3 is 1. The fourth-order valence-electron chi connectivity index (χ4n) is 3.33. The highest BCUT2D eigenvalue weighted by Gasteiger charge is 2.40. The molecule has 1 unspecified atom stereocenters. The van der Waals surface area contributed by atoms with E-state index in [1.807, 2.05) is 0 Å². The van der Waals surface area contributed by atoms with Gasteiger partial charge in [-0.2, -0.15) is 4.31 Å². The maximum absolute atomic E-state index is 12.9. The van der Waals surface area contributed by atoms with E-state index < -0.39 is 26.9 Å². The number of carbonyl (C=O) groups excluding carboxylic acids is 1. The Morgan fingerprint density at radius 3 is 2.81 bits per heavy atom. The Morgan fingerprint density at radius 2 is 2.16 bits per heavy atom. The second-order valence-electron chi connectivity index (χ2n) is 6.59. The highest BCUT2D eigenvalue weighted by Crippen LogP contribution is 2.37. The van der Waals surface area contributed by atoms with Crippen LogP contribution in [-0.4, -0.2) is 48.2 Å². The molecule has 1 saturated heterocycles. The number of halogens is 1. The number of thiazole rings is 1. The predicted molar refractivity (Wildman–Crippen MR) is 118 cm³/mol. The van der Waals surface area contributed by atoms with Crippen LogP contribution in [0.3, 0.4) is 0 Å². The molecule has 0 bridgehead atoms. The number of nitrogens with one attached hydrogen (secondary N) is 1. The summed E-state index contributed by atoms with van der Waals surface area (Å²) in [6.07, 6.45) is 0.903. The van der Waals surface area contributed by atoms with E-state index in [4.69, 9.17) is 16.3 Å². The standard InChI is InChI=1S/C17H15ClN4O6S3/c1-28-11-7-9(22(24)25)8-12-15(11)19-17(29-12)20-16(23)10-3-2-6-21(10)31(26,27)14-5-4-13(18)30-14/h4-5,7-8,10H,2-3,6H2,1H3,(H,19,20,23). The quantitative estimate of drug-likeness (QED) is 0.401. The third kappa shape index (κ3) is 4.11. The van der Waals surface area contributed by atoms with Crippen LogP contribution in [0.5, 0.6) is 5.75 Å². The Morgan fingerprint density at radius 1 is 1.39 bits per heavy atom. The Balaban J connectivity index is 1.60. The summed E-state index contributed by atoms with van der Waals surface area (Å²) in [6, 6.07) is 4.62. The average Bonchev–Trinajstić information content (AvgIpc) is 3.45. The summed E-state index contributed by atoms with van der Waals surface area (Å²) in [4.78, 5) is 27.8. The molecule has 2 aromatic heterocycles. The Labute approximate surface area is 189 Å². The molecular formula is C17H15ClN4O6S3. The average molecular weight is 503 g/mol. The summed E-state index contributed by atoms with van der Waals surface area (Å²) in [7, 11) is -2.49. The molecule has 3 heterocycles. The van der Waals surface area contributed by atoms with Gasteiger partial charge in [-0.3, -0.25) is 14.9 Å². The summed E-state index contributed by atoms with van der Waals surface area (Å²) >= 11 is 7.85. The van der Waals surface area contributed by atoms with E-state index in [0.29, 0.717) is 27.4 Å². The lowest BCUT2D eigenvalue weighted by Gasteiger charge is -2.22. The zero-order valence-corrected chi connectivity index (χ0v) is 19.1. The number of thiophene rings is 1. The molecule has 0 aliphatic carbocycles. The molecule has 0 spiro atoms. The minimum atomic E-state index is -3.86. The Hall–Kier alpha value is -2.32. The Kier molecular flexibility index (Phi) is 5.87. The van der Waals surface area contributed by atoms with Crippen molar-refractivity contribution in [2.75, 3.05) is 19.0 Å². The summed E-state index contributed by atoms with van der Waals surface area (Å²) in [5.41, 5.74) is 0.214. The number of aromatic nitrogens is 1. The molecule has 164 valence electrons. The Bertz CT molecular complexity index is 1290. The van der Waals surface area contributed by atoms with Gasteiger partial charge in [0, 0.05) is 12.6 Å². The van der Waals surface area contributed by atoms with Gasteiger partial charge in [0.05, 0.1) is 27.1 Å². The molecule has 1 atom stereocenters. The summed E-state index contributed by atoms with van der Waals surface area (Å²) in [5, 5.41) is 14.0. The van der Waals surface area contributed by atoms with Gasteiger partial charge in [-0.1, -0.05) is 22.9 Å². The molecule has 1 aromatic carbocycles. The van der Waals surface area contributed by atoms with Gasteiger partial charge in [-0.25, -0.2) is 13.4 Å². The van der Waals surface area contributed by atoms with Crippen molar-refractivity contribution in [3.63, 3.8) is 0 Å². The van der Waals surface area contributed by atoms with E-state index in [-0.39, 0.29) is 27.3 Å². The molecule has 1 N–H and O–H groups in total. The number of nitro benzene ring substituents is 1. The molecule has 4 rings (SSSR count). The van der Waals surface area contributed by atoms with Gasteiger partial charge in [0.25, 0.3) is 15.7 Å². The smallest absolute Gasteiger partial charge is 0.274 e. The number of ether oxygens (including phenoxy) is 1. The van der Waals surface area contributed by atoms with Crippen molar-refractivity contribution in [3.05, 3.63) is 38.7 Å². The van der Waals surface area contributed by atoms with E-state index >= 15 is 0 Å². The third-order valence-electron chi connectivity index (χ3n) is 4.72. The van der Waals surface area contributed by atoms with Crippen molar-refractivity contribution in [1.29, 1.82) is 0 Å². The first-order chi connectivity index (χ1) is 14.7. The van der Waals surface area contributed by atoms with Crippen LogP contribution in [0.25, 0.3) is 10.2 Å². The maximum Gasteiger partial charge on any atom is 0.274 e. The number of benzene rings is 1. The number of hydrogen-bond acceptors (Lipinski definition) is 9. The molecule has 0 radical (unpaired) electrons. The number of fused-ring (bicyclic) bond motifs is 1. The highest BCUT2D eigenvalue weighted by atomic mass is 35.5. The van der Waals surface area contributed by atoms with Crippen LogP contribution in [0, 0.1) is 10.1 Å². The third-order valence-corrected chi connectivity index (χ3v) is 9.25. The summed E-state index contributed by atoms with van der Waals surface area (Å²) in [5.74, 6) is -0.308. The molecule has 3 aromatic rings. The lowest BCUT2D eigenvalue weighted by atomic mass is 10.2. The van der Waals surface area contributed by atoms with Crippen LogP contribution in [-0.2, 0) is 14.8 Å². The van der Waals surface area contributed by atoms with Gasteiger partial charge in [0.15, 0.2) is 10.9 Å². The van der Waals surface area contributed by atoms with Gasteiger partial charge in [0.1, 0.15) is 15.8 Å². The minimum Gasteiger partial charge on any atom is -0.494 e. The van der Waals surface area contributed by atoms with Crippen LogP contribution in [0.4, 0.5) is 10.8 Å². The van der Waals surface area contributed by atoms with Gasteiger partial charge in [-0.15, -0.1) is 11.3 Å². The number of nitrogens with zero attached hydrogens (tertiary/aromatic N) is 3. The van der Waals surface area contributed by atoms with E-state index in [1.54, 1.807) is 0 Å². The summed E-state index contributed by atoms with van der Waals surface area (Å²) in [6.45, 7) is 0.218.